The number of carboxylic acids is 1. The van der Waals surface area contributed by atoms with Gasteiger partial charge in [-0.05, 0) is 63.9 Å². The summed E-state index contributed by atoms with van der Waals surface area (Å²) in [5.74, 6) is -2.07. The number of rotatable bonds is 10. The molecule has 0 saturated carbocycles. The van der Waals surface area contributed by atoms with E-state index in [1.54, 1.807) is 6.08 Å². The van der Waals surface area contributed by atoms with E-state index in [2.05, 4.69) is 16.3 Å². The van der Waals surface area contributed by atoms with Crippen molar-refractivity contribution >= 4 is 23.8 Å². The van der Waals surface area contributed by atoms with Crippen LogP contribution in [0.1, 0.15) is 55.7 Å². The Bertz CT molecular complexity index is 1310. The highest BCUT2D eigenvalue weighted by atomic mass is 16.6. The van der Waals surface area contributed by atoms with Crippen molar-refractivity contribution in [2.75, 3.05) is 20.1 Å². The average Bonchev–Trinajstić information content (AvgIpc) is 3.28. The molecular formula is C29H37N3O9. The summed E-state index contributed by atoms with van der Waals surface area (Å²) in [5.41, 5.74) is 6.65. The van der Waals surface area contributed by atoms with Crippen LogP contribution >= 0.6 is 0 Å². The molecule has 41 heavy (non-hydrogen) atoms. The van der Waals surface area contributed by atoms with Gasteiger partial charge in [0, 0.05) is 31.0 Å². The van der Waals surface area contributed by atoms with Crippen molar-refractivity contribution in [3.63, 3.8) is 0 Å². The Morgan fingerprint density at radius 2 is 2.02 bits per heavy atom. The van der Waals surface area contributed by atoms with Gasteiger partial charge in [-0.1, -0.05) is 12.1 Å². The van der Waals surface area contributed by atoms with Gasteiger partial charge in [0.1, 0.15) is 17.6 Å². The van der Waals surface area contributed by atoms with E-state index in [-0.39, 0.29) is 31.8 Å². The van der Waals surface area contributed by atoms with Crippen LogP contribution in [-0.2, 0) is 40.5 Å². The third-order valence-electron chi connectivity index (χ3n) is 9.08. The molecule has 1 saturated heterocycles. The average molecular weight is 572 g/mol. The molecule has 1 fully saturated rings. The van der Waals surface area contributed by atoms with Crippen molar-refractivity contribution in [1.29, 1.82) is 0 Å². The van der Waals surface area contributed by atoms with Crippen molar-refractivity contribution in [3.8, 4) is 5.75 Å². The lowest BCUT2D eigenvalue weighted by molar-refractivity contribution is -0.175. The Morgan fingerprint density at radius 1 is 1.27 bits per heavy atom. The van der Waals surface area contributed by atoms with Crippen LogP contribution < -0.4 is 15.8 Å². The fraction of sp³-hybridized carbons (Fsp3) is 0.586. The molecule has 222 valence electrons. The Morgan fingerprint density at radius 3 is 2.76 bits per heavy atom. The second-order valence-electron chi connectivity index (χ2n) is 11.5. The maximum Gasteiger partial charge on any atom is 0.352 e. The molecule has 0 radical (unpaired) electrons. The number of carbonyl (C=O) groups is 4. The molecule has 1 aromatic rings. The van der Waals surface area contributed by atoms with E-state index in [0.29, 0.717) is 25.0 Å². The summed E-state index contributed by atoms with van der Waals surface area (Å²) in [7, 11) is 2.02. The Hall–Kier alpha value is -3.48. The number of piperidine rings is 1. The van der Waals surface area contributed by atoms with Gasteiger partial charge in [0.05, 0.1) is 17.4 Å². The third-order valence-corrected chi connectivity index (χ3v) is 9.08. The fourth-order valence-corrected chi connectivity index (χ4v) is 6.89. The topological polar surface area (TPSA) is 178 Å². The Labute approximate surface area is 237 Å². The molecule has 1 aromatic carbocycles. The first-order chi connectivity index (χ1) is 19.4. The molecule has 2 bridgehead atoms. The number of likely N-dealkylation sites (tertiary alicyclic amines) is 1. The van der Waals surface area contributed by atoms with Gasteiger partial charge in [0.2, 0.25) is 5.91 Å². The molecule has 2 aliphatic heterocycles. The zero-order chi connectivity index (χ0) is 29.7. The van der Waals surface area contributed by atoms with E-state index >= 15 is 0 Å². The van der Waals surface area contributed by atoms with Crippen molar-refractivity contribution in [3.05, 3.63) is 40.7 Å². The summed E-state index contributed by atoms with van der Waals surface area (Å²) in [6.07, 6.45) is 1.14. The highest BCUT2D eigenvalue weighted by Gasteiger charge is 2.71. The lowest BCUT2D eigenvalue weighted by atomic mass is 9.50. The number of ether oxygens (including phenoxy) is 3. The first-order valence-corrected chi connectivity index (χ1v) is 14.0. The lowest BCUT2D eigenvalue weighted by Gasteiger charge is -2.61. The summed E-state index contributed by atoms with van der Waals surface area (Å²) in [5, 5.41) is 23.5. The van der Waals surface area contributed by atoms with Gasteiger partial charge >= 0.3 is 17.9 Å². The molecule has 5 N–H and O–H groups in total. The summed E-state index contributed by atoms with van der Waals surface area (Å²) in [4.78, 5) is 50.1. The Balaban J connectivity index is 1.22. The Kier molecular flexibility index (Phi) is 7.60. The van der Waals surface area contributed by atoms with Crippen LogP contribution in [0.3, 0.4) is 0 Å². The van der Waals surface area contributed by atoms with E-state index < -0.39 is 53.1 Å². The molecule has 0 unspecified atom stereocenters. The van der Waals surface area contributed by atoms with Gasteiger partial charge in [-0.2, -0.15) is 0 Å². The molecule has 12 heteroatoms. The van der Waals surface area contributed by atoms with Crippen LogP contribution in [-0.4, -0.2) is 89.0 Å². The minimum absolute atomic E-state index is 0.0307. The first kappa shape index (κ1) is 29.0. The second kappa shape index (κ2) is 10.7. The van der Waals surface area contributed by atoms with Crippen LogP contribution in [0.5, 0.6) is 5.75 Å². The van der Waals surface area contributed by atoms with Crippen molar-refractivity contribution < 1.29 is 43.6 Å². The number of nitrogens with one attached hydrogen (secondary N) is 1. The van der Waals surface area contributed by atoms with Crippen LogP contribution in [0, 0.1) is 6.92 Å². The molecule has 1 spiro atoms. The van der Waals surface area contributed by atoms with Gasteiger partial charge in [0.25, 0.3) is 0 Å². The van der Waals surface area contributed by atoms with Gasteiger partial charge in [-0.15, -0.1) is 0 Å². The molecule has 5 rings (SSSR count). The molecule has 1 amide bonds. The quantitative estimate of drug-likeness (QED) is 0.287. The number of benzene rings is 1. The van der Waals surface area contributed by atoms with E-state index in [1.165, 1.54) is 6.92 Å². The molecule has 0 aromatic heterocycles. The number of esters is 2. The molecular weight excluding hydrogens is 534 g/mol. The van der Waals surface area contributed by atoms with Crippen molar-refractivity contribution in [1.82, 2.24) is 10.2 Å². The summed E-state index contributed by atoms with van der Waals surface area (Å²) < 4.78 is 17.5. The number of aryl methyl sites for hydroxylation is 1. The molecule has 4 aliphatic rings. The minimum Gasteiger partial charge on any atom is -0.481 e. The number of hydrogen-bond acceptors (Lipinski definition) is 10. The third kappa shape index (κ3) is 4.77. The number of aliphatic carboxylic acids is 1. The predicted molar refractivity (Wildman–Crippen MR) is 144 cm³/mol. The normalized spacial score (nSPS) is 28.9. The van der Waals surface area contributed by atoms with Crippen LogP contribution in [0.25, 0.3) is 0 Å². The molecule has 2 heterocycles. The van der Waals surface area contributed by atoms with Crippen molar-refractivity contribution in [2.24, 2.45) is 5.73 Å². The SMILES string of the molecule is Cc1ccc2c3c1O[C@H]1C(OC(=O)[C@H](C)OC(=O)CCNC(=O)CC[C@H](N)C(=O)O)=CC[C@@]4(O)[C@@H](C2)N(C)CC[C@]314. The van der Waals surface area contributed by atoms with Crippen molar-refractivity contribution in [2.45, 2.75) is 87.7 Å². The predicted octanol–water partition coefficient (Wildman–Crippen LogP) is 0.446. The lowest BCUT2D eigenvalue weighted by Crippen LogP contribution is -2.74. The zero-order valence-electron chi connectivity index (χ0n) is 23.5. The van der Waals surface area contributed by atoms with E-state index in [4.69, 9.17) is 25.1 Å². The summed E-state index contributed by atoms with van der Waals surface area (Å²) in [6, 6.07) is 2.88. The number of hydrogen-bond donors (Lipinski definition) is 4. The number of nitrogens with zero attached hydrogens (tertiary/aromatic N) is 1. The summed E-state index contributed by atoms with van der Waals surface area (Å²) in [6.45, 7) is 4.09. The fourth-order valence-electron chi connectivity index (χ4n) is 6.89. The largest absolute Gasteiger partial charge is 0.481 e. The van der Waals surface area contributed by atoms with Gasteiger partial charge < -0.3 is 40.4 Å². The number of carboxylic acid groups (broad SMARTS) is 1. The van der Waals surface area contributed by atoms with Gasteiger partial charge in [-0.3, -0.25) is 14.4 Å². The standard InChI is InChI=1S/C29H37N3O9/c1-15-4-5-17-14-20-29(38)10-8-19(25-28(29,11-13-32(20)3)23(17)24(15)41-25)40-27(37)16(2)39-22(34)9-12-31-21(33)7-6-18(30)26(35)36/h4-5,8,16,18,20,25,38H,6-7,9-14,30H2,1-3H3,(H,31,33)(H,35,36)/t16-,18-,20+,25-,28-,29+/m0/s1. The van der Waals surface area contributed by atoms with Gasteiger partial charge in [0.15, 0.2) is 12.2 Å². The highest BCUT2D eigenvalue weighted by Crippen LogP contribution is 2.64. The molecule has 6 atom stereocenters. The number of amides is 1. The summed E-state index contributed by atoms with van der Waals surface area (Å²) >= 11 is 0. The number of carbonyl (C=O) groups excluding carboxylic acids is 3. The second-order valence-corrected chi connectivity index (χ2v) is 11.5. The minimum atomic E-state index is -1.22. The molecule has 2 aliphatic carbocycles. The highest BCUT2D eigenvalue weighted by molar-refractivity contribution is 5.81. The van der Waals surface area contributed by atoms with Crippen LogP contribution in [0.15, 0.2) is 24.0 Å². The monoisotopic (exact) mass is 571 g/mol. The smallest absolute Gasteiger partial charge is 0.352 e. The van der Waals surface area contributed by atoms with E-state index in [0.717, 1.165) is 29.0 Å². The van der Waals surface area contributed by atoms with Crippen LogP contribution in [0.4, 0.5) is 0 Å². The van der Waals surface area contributed by atoms with E-state index in [9.17, 15) is 24.3 Å². The molecule has 12 nitrogen and oxygen atoms in total. The van der Waals surface area contributed by atoms with Gasteiger partial charge in [-0.25, -0.2) is 4.79 Å². The number of likely N-dealkylation sites (N-methyl/N-ethyl adjacent to an activating group) is 1. The first-order valence-electron chi connectivity index (χ1n) is 14.0. The zero-order valence-corrected chi connectivity index (χ0v) is 23.5. The van der Waals surface area contributed by atoms with Crippen LogP contribution in [0.2, 0.25) is 0 Å². The number of nitrogens with two attached hydrogens (primary N) is 1. The number of aliphatic hydroxyl groups is 1. The maximum absolute atomic E-state index is 13.0. The maximum atomic E-state index is 13.0. The van der Waals surface area contributed by atoms with E-state index in [1.807, 2.05) is 20.0 Å².